The lowest BCUT2D eigenvalue weighted by molar-refractivity contribution is 0.951. The van der Waals surface area contributed by atoms with Gasteiger partial charge < -0.3 is 14.9 Å². The van der Waals surface area contributed by atoms with Crippen LogP contribution in [0, 0.1) is 3.70 Å². The first-order chi connectivity index (χ1) is 10.7. The van der Waals surface area contributed by atoms with Crippen LogP contribution in [0.2, 0.25) is 0 Å². The minimum atomic E-state index is 0.770. The van der Waals surface area contributed by atoms with Crippen LogP contribution < -0.4 is 5.32 Å². The third-order valence-corrected chi connectivity index (χ3v) is 4.27. The van der Waals surface area contributed by atoms with E-state index in [-0.39, 0.29) is 0 Å². The minimum absolute atomic E-state index is 0.770. The molecule has 0 atom stereocenters. The van der Waals surface area contributed by atoms with Gasteiger partial charge in [0.1, 0.15) is 14.9 Å². The van der Waals surface area contributed by atoms with Crippen LogP contribution in [-0.2, 0) is 7.05 Å². The monoisotopic (exact) mass is 404 g/mol. The minimum Gasteiger partial charge on any atom is -0.371 e. The second-order valence-electron chi connectivity index (χ2n) is 5.05. The summed E-state index contributed by atoms with van der Waals surface area (Å²) in [6.07, 6.45) is 1.81. The van der Waals surface area contributed by atoms with Crippen molar-refractivity contribution in [1.82, 2.24) is 24.5 Å². The summed E-state index contributed by atoms with van der Waals surface area (Å²) in [5.41, 5.74) is 4.63. The maximum absolute atomic E-state index is 4.63. The second-order valence-corrected chi connectivity index (χ2v) is 6.16. The first kappa shape index (κ1) is 13.5. The van der Waals surface area contributed by atoms with Gasteiger partial charge in [-0.15, -0.1) is 0 Å². The average Bonchev–Trinajstić information content (AvgIpc) is 3.10. The van der Waals surface area contributed by atoms with E-state index in [2.05, 4.69) is 53.9 Å². The van der Waals surface area contributed by atoms with Crippen molar-refractivity contribution in [3.05, 3.63) is 34.3 Å². The number of rotatable bonds is 2. The number of hydrogen-bond acceptors (Lipinski definition) is 4. The molecule has 4 aromatic heterocycles. The molecule has 4 aromatic rings. The molecule has 0 spiro atoms. The summed E-state index contributed by atoms with van der Waals surface area (Å²) in [7, 11) is 3.85. The van der Waals surface area contributed by atoms with Crippen LogP contribution in [0.3, 0.4) is 0 Å². The molecule has 7 heteroatoms. The SMILES string of the molecule is CNc1nc2[nH]c(-c3cccc(I)n3)cc2c2c1ncn2C. The Morgan fingerprint density at radius 2 is 2.14 bits per heavy atom. The summed E-state index contributed by atoms with van der Waals surface area (Å²) >= 11 is 2.22. The normalized spacial score (nSPS) is 11.4. The largest absolute Gasteiger partial charge is 0.371 e. The number of aryl methyl sites for hydroxylation is 1. The van der Waals surface area contributed by atoms with Crippen LogP contribution in [-0.4, -0.2) is 31.6 Å². The molecule has 4 heterocycles. The molecule has 0 fully saturated rings. The van der Waals surface area contributed by atoms with Gasteiger partial charge in [-0.25, -0.2) is 15.0 Å². The summed E-state index contributed by atoms with van der Waals surface area (Å²) in [5.74, 6) is 0.770. The Labute approximate surface area is 140 Å². The Morgan fingerprint density at radius 3 is 2.91 bits per heavy atom. The summed E-state index contributed by atoms with van der Waals surface area (Å²) in [6, 6.07) is 8.06. The summed E-state index contributed by atoms with van der Waals surface area (Å²) in [6.45, 7) is 0. The zero-order valence-electron chi connectivity index (χ0n) is 12.1. The fourth-order valence-electron chi connectivity index (χ4n) is 2.67. The third kappa shape index (κ3) is 1.96. The smallest absolute Gasteiger partial charge is 0.156 e. The van der Waals surface area contributed by atoms with Gasteiger partial charge >= 0.3 is 0 Å². The Hall–Kier alpha value is -2.16. The Morgan fingerprint density at radius 1 is 1.27 bits per heavy atom. The second kappa shape index (κ2) is 4.94. The molecule has 110 valence electrons. The Balaban J connectivity index is 2.05. The number of pyridine rings is 2. The van der Waals surface area contributed by atoms with E-state index in [1.807, 2.05) is 43.2 Å². The topological polar surface area (TPSA) is 71.4 Å². The highest BCUT2D eigenvalue weighted by Crippen LogP contribution is 2.31. The number of nitrogens with one attached hydrogen (secondary N) is 2. The van der Waals surface area contributed by atoms with Crippen LogP contribution in [0.25, 0.3) is 33.5 Å². The van der Waals surface area contributed by atoms with Gasteiger partial charge in [0.2, 0.25) is 0 Å². The number of imidazole rings is 1. The highest BCUT2D eigenvalue weighted by Gasteiger charge is 2.15. The number of anilines is 1. The Bertz CT molecular complexity index is 1000. The van der Waals surface area contributed by atoms with Crippen molar-refractivity contribution in [1.29, 1.82) is 0 Å². The average molecular weight is 404 g/mol. The lowest BCUT2D eigenvalue weighted by Gasteiger charge is -2.02. The standard InChI is InChI=1S/C15H13IN6/c1-17-15-12-13(22(2)7-18-12)8-6-10(20-14(8)21-15)9-4-3-5-11(16)19-9/h3-7H,1-2H3,(H2,17,20,21). The van der Waals surface area contributed by atoms with Crippen LogP contribution in [0.1, 0.15) is 0 Å². The maximum Gasteiger partial charge on any atom is 0.156 e. The van der Waals surface area contributed by atoms with Crippen molar-refractivity contribution in [2.24, 2.45) is 7.05 Å². The van der Waals surface area contributed by atoms with Gasteiger partial charge in [0.25, 0.3) is 0 Å². The molecule has 22 heavy (non-hydrogen) atoms. The van der Waals surface area contributed by atoms with E-state index in [9.17, 15) is 0 Å². The zero-order valence-corrected chi connectivity index (χ0v) is 14.2. The van der Waals surface area contributed by atoms with Crippen LogP contribution in [0.15, 0.2) is 30.6 Å². The summed E-state index contributed by atoms with van der Waals surface area (Å²) in [4.78, 5) is 17.0. The quantitative estimate of drug-likeness (QED) is 0.398. The predicted molar refractivity (Wildman–Crippen MR) is 95.9 cm³/mol. The molecule has 0 bridgehead atoms. The molecule has 4 rings (SSSR count). The first-order valence-corrected chi connectivity index (χ1v) is 7.89. The molecule has 0 amide bonds. The van der Waals surface area contributed by atoms with E-state index in [1.165, 1.54) is 0 Å². The van der Waals surface area contributed by atoms with Gasteiger partial charge in [0.05, 0.1) is 23.2 Å². The van der Waals surface area contributed by atoms with Crippen molar-refractivity contribution in [2.75, 3.05) is 12.4 Å². The van der Waals surface area contributed by atoms with Crippen molar-refractivity contribution < 1.29 is 0 Å². The molecule has 0 aliphatic rings. The van der Waals surface area contributed by atoms with E-state index in [0.29, 0.717) is 0 Å². The van der Waals surface area contributed by atoms with Crippen molar-refractivity contribution >= 4 is 50.5 Å². The first-order valence-electron chi connectivity index (χ1n) is 6.82. The van der Waals surface area contributed by atoms with E-state index in [1.54, 1.807) is 0 Å². The van der Waals surface area contributed by atoms with Crippen LogP contribution in [0.4, 0.5) is 5.82 Å². The number of halogens is 1. The van der Waals surface area contributed by atoms with E-state index in [4.69, 9.17) is 0 Å². The number of fused-ring (bicyclic) bond motifs is 3. The number of hydrogen-bond donors (Lipinski definition) is 2. The molecule has 0 saturated carbocycles. The van der Waals surface area contributed by atoms with Crippen molar-refractivity contribution in [3.8, 4) is 11.4 Å². The van der Waals surface area contributed by atoms with E-state index in [0.717, 1.165) is 43.0 Å². The third-order valence-electron chi connectivity index (χ3n) is 3.66. The van der Waals surface area contributed by atoms with Crippen molar-refractivity contribution in [3.63, 3.8) is 0 Å². The van der Waals surface area contributed by atoms with Gasteiger partial charge in [0, 0.05) is 19.5 Å². The van der Waals surface area contributed by atoms with Gasteiger partial charge in [-0.3, -0.25) is 0 Å². The molecule has 0 aliphatic heterocycles. The molecule has 0 unspecified atom stereocenters. The Kier molecular flexibility index (Phi) is 3.03. The molecular formula is C15H13IN6. The zero-order chi connectivity index (χ0) is 15.3. The lowest BCUT2D eigenvalue weighted by Crippen LogP contribution is -1.95. The summed E-state index contributed by atoms with van der Waals surface area (Å²) in [5, 5.41) is 4.16. The maximum atomic E-state index is 4.63. The number of H-pyrrole nitrogens is 1. The molecule has 0 radical (unpaired) electrons. The van der Waals surface area contributed by atoms with Gasteiger partial charge in [-0.05, 0) is 40.8 Å². The molecule has 0 aliphatic carbocycles. The lowest BCUT2D eigenvalue weighted by atomic mass is 10.2. The fourth-order valence-corrected chi connectivity index (χ4v) is 3.14. The molecule has 0 aromatic carbocycles. The highest BCUT2D eigenvalue weighted by atomic mass is 127. The van der Waals surface area contributed by atoms with Gasteiger partial charge in [0.15, 0.2) is 5.82 Å². The molecule has 2 N–H and O–H groups in total. The fraction of sp³-hybridized carbons (Fsp3) is 0.133. The molecule has 0 saturated heterocycles. The van der Waals surface area contributed by atoms with Gasteiger partial charge in [-0.1, -0.05) is 6.07 Å². The van der Waals surface area contributed by atoms with Crippen LogP contribution >= 0.6 is 22.6 Å². The number of aromatic amines is 1. The predicted octanol–water partition coefficient (Wildman–Crippen LogP) is 3.16. The highest BCUT2D eigenvalue weighted by molar-refractivity contribution is 14.1. The van der Waals surface area contributed by atoms with Crippen LogP contribution in [0.5, 0.6) is 0 Å². The number of nitrogens with zero attached hydrogens (tertiary/aromatic N) is 4. The van der Waals surface area contributed by atoms with Crippen molar-refractivity contribution in [2.45, 2.75) is 0 Å². The van der Waals surface area contributed by atoms with E-state index >= 15 is 0 Å². The number of aromatic nitrogens is 5. The van der Waals surface area contributed by atoms with E-state index < -0.39 is 0 Å². The van der Waals surface area contributed by atoms with Gasteiger partial charge in [-0.2, -0.15) is 0 Å². The molecular weight excluding hydrogens is 391 g/mol. The summed E-state index contributed by atoms with van der Waals surface area (Å²) < 4.78 is 2.98. The molecule has 6 nitrogen and oxygen atoms in total.